The zero-order chi connectivity index (χ0) is 14.5. The van der Waals surface area contributed by atoms with Crippen LogP contribution >= 0.6 is 0 Å². The fourth-order valence-corrected chi connectivity index (χ4v) is 1.52. The first kappa shape index (κ1) is 13.6. The third-order valence-corrected chi connectivity index (χ3v) is 2.41. The van der Waals surface area contributed by atoms with Crippen molar-refractivity contribution in [3.63, 3.8) is 0 Å². The highest BCUT2D eigenvalue weighted by atomic mass is 16.5. The summed E-state index contributed by atoms with van der Waals surface area (Å²) in [5.74, 6) is -1.03. The topological polar surface area (TPSA) is 102 Å². The van der Waals surface area contributed by atoms with E-state index in [0.29, 0.717) is 17.1 Å². The Morgan fingerprint density at radius 3 is 2.90 bits per heavy atom. The number of hydrogen-bond donors (Lipinski definition) is 2. The number of carbonyl (C=O) groups is 2. The Labute approximate surface area is 114 Å². The van der Waals surface area contributed by atoms with Crippen LogP contribution in [0.1, 0.15) is 16.2 Å². The van der Waals surface area contributed by atoms with E-state index in [2.05, 4.69) is 10.3 Å². The van der Waals surface area contributed by atoms with Crippen molar-refractivity contribution in [1.82, 2.24) is 4.98 Å². The number of carboxylic acid groups (broad SMARTS) is 1. The van der Waals surface area contributed by atoms with Gasteiger partial charge < -0.3 is 19.6 Å². The first-order valence-corrected chi connectivity index (χ1v) is 5.72. The molecule has 1 aromatic heterocycles. The van der Waals surface area contributed by atoms with E-state index in [4.69, 9.17) is 14.3 Å². The molecular weight excluding hydrogens is 264 g/mol. The van der Waals surface area contributed by atoms with Crippen LogP contribution in [0.5, 0.6) is 5.75 Å². The Kier molecular flexibility index (Phi) is 3.99. The Balaban J connectivity index is 2.06. The van der Waals surface area contributed by atoms with Gasteiger partial charge in [0.1, 0.15) is 5.75 Å². The molecule has 0 saturated carbocycles. The van der Waals surface area contributed by atoms with Crippen molar-refractivity contribution in [3.8, 4) is 5.75 Å². The molecule has 0 aliphatic rings. The summed E-state index contributed by atoms with van der Waals surface area (Å²) in [5, 5.41) is 11.1. The Hall–Kier alpha value is -2.83. The van der Waals surface area contributed by atoms with E-state index in [9.17, 15) is 9.59 Å². The molecule has 0 fully saturated rings. The molecule has 0 unspecified atom stereocenters. The minimum atomic E-state index is -1.07. The second-order valence-electron chi connectivity index (χ2n) is 3.93. The summed E-state index contributed by atoms with van der Waals surface area (Å²) in [6, 6.07) is 6.40. The lowest BCUT2D eigenvalue weighted by atomic mass is 10.3. The molecule has 2 aromatic rings. The molecule has 1 amide bonds. The number of rotatable bonds is 5. The molecule has 0 radical (unpaired) electrons. The van der Waals surface area contributed by atoms with Gasteiger partial charge in [-0.1, -0.05) is 6.07 Å². The standard InChI is InChI=1S/C13H12N2O5/c1-8-12(20-7-14-8)13(18)15-9-3-2-4-10(5-9)19-6-11(16)17/h2-5,7H,6H2,1H3,(H,15,18)(H,16,17). The average molecular weight is 276 g/mol. The molecule has 1 heterocycles. The lowest BCUT2D eigenvalue weighted by molar-refractivity contribution is -0.139. The molecule has 104 valence electrons. The molecular formula is C13H12N2O5. The normalized spacial score (nSPS) is 10.1. The van der Waals surface area contributed by atoms with Gasteiger partial charge in [0, 0.05) is 11.8 Å². The minimum absolute atomic E-state index is 0.127. The van der Waals surface area contributed by atoms with E-state index in [1.54, 1.807) is 25.1 Å². The summed E-state index contributed by atoms with van der Waals surface area (Å²) in [7, 11) is 0. The molecule has 0 aliphatic carbocycles. The maximum Gasteiger partial charge on any atom is 0.341 e. The number of aliphatic carboxylic acids is 1. The SMILES string of the molecule is Cc1ncoc1C(=O)Nc1cccc(OCC(=O)O)c1. The Morgan fingerprint density at radius 2 is 2.25 bits per heavy atom. The predicted octanol–water partition coefficient (Wildman–Crippen LogP) is 1.70. The Bertz CT molecular complexity index is 635. The lowest BCUT2D eigenvalue weighted by Crippen LogP contribution is -2.13. The maximum absolute atomic E-state index is 11.9. The van der Waals surface area contributed by atoms with Gasteiger partial charge in [-0.15, -0.1) is 0 Å². The zero-order valence-electron chi connectivity index (χ0n) is 10.6. The van der Waals surface area contributed by atoms with Gasteiger partial charge in [-0.05, 0) is 19.1 Å². The second kappa shape index (κ2) is 5.87. The summed E-state index contributed by atoms with van der Waals surface area (Å²) in [6.07, 6.45) is 1.19. The van der Waals surface area contributed by atoms with Crippen molar-refractivity contribution in [3.05, 3.63) is 42.1 Å². The van der Waals surface area contributed by atoms with E-state index in [-0.39, 0.29) is 5.76 Å². The van der Waals surface area contributed by atoms with Crippen LogP contribution in [0.25, 0.3) is 0 Å². The predicted molar refractivity (Wildman–Crippen MR) is 68.8 cm³/mol. The van der Waals surface area contributed by atoms with Gasteiger partial charge in [0.25, 0.3) is 5.91 Å². The molecule has 2 rings (SSSR count). The molecule has 0 bridgehead atoms. The number of nitrogens with one attached hydrogen (secondary N) is 1. The second-order valence-corrected chi connectivity index (χ2v) is 3.93. The number of oxazole rings is 1. The van der Waals surface area contributed by atoms with Crippen molar-refractivity contribution in [1.29, 1.82) is 0 Å². The van der Waals surface area contributed by atoms with Crippen molar-refractivity contribution in [2.75, 3.05) is 11.9 Å². The average Bonchev–Trinajstić information content (AvgIpc) is 2.83. The summed E-state index contributed by atoms with van der Waals surface area (Å²) < 4.78 is 9.99. The van der Waals surface area contributed by atoms with Crippen LogP contribution in [0.3, 0.4) is 0 Å². The smallest absolute Gasteiger partial charge is 0.341 e. The van der Waals surface area contributed by atoms with Crippen LogP contribution in [0.4, 0.5) is 5.69 Å². The van der Waals surface area contributed by atoms with E-state index in [1.807, 2.05) is 0 Å². The number of carbonyl (C=O) groups excluding carboxylic acids is 1. The lowest BCUT2D eigenvalue weighted by Gasteiger charge is -2.07. The van der Waals surface area contributed by atoms with Crippen molar-refractivity contribution in [2.24, 2.45) is 0 Å². The zero-order valence-corrected chi connectivity index (χ0v) is 10.6. The number of aryl methyl sites for hydroxylation is 1. The highest BCUT2D eigenvalue weighted by Gasteiger charge is 2.14. The molecule has 0 atom stereocenters. The van der Waals surface area contributed by atoms with Gasteiger partial charge >= 0.3 is 5.97 Å². The quantitative estimate of drug-likeness (QED) is 0.861. The van der Waals surface area contributed by atoms with Gasteiger partial charge in [-0.2, -0.15) is 0 Å². The van der Waals surface area contributed by atoms with Crippen molar-refractivity contribution < 1.29 is 23.8 Å². The highest BCUT2D eigenvalue weighted by Crippen LogP contribution is 2.18. The van der Waals surface area contributed by atoms with Gasteiger partial charge in [-0.25, -0.2) is 9.78 Å². The molecule has 0 spiro atoms. The van der Waals surface area contributed by atoms with Crippen LogP contribution in [-0.2, 0) is 4.79 Å². The van der Waals surface area contributed by atoms with Crippen LogP contribution in [0, 0.1) is 6.92 Å². The summed E-state index contributed by atoms with van der Waals surface area (Å²) >= 11 is 0. The number of anilines is 1. The molecule has 7 nitrogen and oxygen atoms in total. The molecule has 1 aromatic carbocycles. The highest BCUT2D eigenvalue weighted by molar-refractivity contribution is 6.02. The number of carboxylic acids is 1. The van der Waals surface area contributed by atoms with Crippen molar-refractivity contribution in [2.45, 2.75) is 6.92 Å². The van der Waals surface area contributed by atoms with E-state index in [1.165, 1.54) is 12.5 Å². The number of hydrogen-bond acceptors (Lipinski definition) is 5. The molecule has 7 heteroatoms. The number of aromatic nitrogens is 1. The fourth-order valence-electron chi connectivity index (χ4n) is 1.52. The van der Waals surface area contributed by atoms with Crippen molar-refractivity contribution >= 4 is 17.6 Å². The van der Waals surface area contributed by atoms with Gasteiger partial charge in [0.15, 0.2) is 13.0 Å². The molecule has 20 heavy (non-hydrogen) atoms. The summed E-state index contributed by atoms with van der Waals surface area (Å²) in [6.45, 7) is 1.21. The number of amides is 1. The summed E-state index contributed by atoms with van der Waals surface area (Å²) in [5.41, 5.74) is 0.953. The minimum Gasteiger partial charge on any atom is -0.482 e. The first-order valence-electron chi connectivity index (χ1n) is 5.72. The summed E-state index contributed by atoms with van der Waals surface area (Å²) in [4.78, 5) is 26.1. The van der Waals surface area contributed by atoms with E-state index < -0.39 is 18.5 Å². The number of nitrogens with zero attached hydrogens (tertiary/aromatic N) is 1. The molecule has 2 N–H and O–H groups in total. The van der Waals surface area contributed by atoms with Gasteiger partial charge in [0.05, 0.1) is 5.69 Å². The van der Waals surface area contributed by atoms with Gasteiger partial charge in [-0.3, -0.25) is 4.79 Å². The maximum atomic E-state index is 11.9. The van der Waals surface area contributed by atoms with Crippen LogP contribution in [-0.4, -0.2) is 28.6 Å². The monoisotopic (exact) mass is 276 g/mol. The van der Waals surface area contributed by atoms with Crippen LogP contribution in [0.15, 0.2) is 35.1 Å². The van der Waals surface area contributed by atoms with Crippen LogP contribution < -0.4 is 10.1 Å². The number of ether oxygens (including phenoxy) is 1. The fraction of sp³-hybridized carbons (Fsp3) is 0.154. The third kappa shape index (κ3) is 3.35. The molecule has 0 aliphatic heterocycles. The molecule has 0 saturated heterocycles. The number of benzene rings is 1. The third-order valence-electron chi connectivity index (χ3n) is 2.41. The van der Waals surface area contributed by atoms with Gasteiger partial charge in [0.2, 0.25) is 5.76 Å². The van der Waals surface area contributed by atoms with E-state index >= 15 is 0 Å². The van der Waals surface area contributed by atoms with E-state index in [0.717, 1.165) is 0 Å². The first-order chi connectivity index (χ1) is 9.56. The Morgan fingerprint density at radius 1 is 1.45 bits per heavy atom. The largest absolute Gasteiger partial charge is 0.482 e. The van der Waals surface area contributed by atoms with Crippen LogP contribution in [0.2, 0.25) is 0 Å².